The van der Waals surface area contributed by atoms with Crippen LogP contribution in [-0.2, 0) is 22.7 Å². The predicted molar refractivity (Wildman–Crippen MR) is 115 cm³/mol. The second-order valence-corrected chi connectivity index (χ2v) is 8.02. The Hall–Kier alpha value is -3.08. The van der Waals surface area contributed by atoms with Gasteiger partial charge >= 0.3 is 0 Å². The summed E-state index contributed by atoms with van der Waals surface area (Å²) in [6.07, 6.45) is 5.70. The zero-order valence-electron chi connectivity index (χ0n) is 17.4. The average Bonchev–Trinajstić information content (AvgIpc) is 2.80. The third-order valence-electron chi connectivity index (χ3n) is 6.24. The van der Waals surface area contributed by atoms with Gasteiger partial charge in [0, 0.05) is 24.2 Å². The molecule has 0 spiro atoms. The van der Waals surface area contributed by atoms with Gasteiger partial charge in [-0.05, 0) is 37.3 Å². The summed E-state index contributed by atoms with van der Waals surface area (Å²) >= 11 is 0. The normalized spacial score (nSPS) is 20.9. The number of piperidine rings is 1. The molecule has 0 radical (unpaired) electrons. The number of methoxy groups -OCH3 is 1. The number of rotatable bonds is 6. The highest BCUT2D eigenvalue weighted by Gasteiger charge is 2.49. The lowest BCUT2D eigenvalue weighted by Gasteiger charge is -2.46. The fourth-order valence-corrected chi connectivity index (χ4v) is 4.65. The summed E-state index contributed by atoms with van der Waals surface area (Å²) in [4.78, 5) is 28.2. The highest BCUT2D eigenvalue weighted by molar-refractivity contribution is 5.91. The van der Waals surface area contributed by atoms with E-state index in [9.17, 15) is 9.59 Å². The summed E-state index contributed by atoms with van der Waals surface area (Å²) in [6.45, 7) is 0.914. The lowest BCUT2D eigenvalue weighted by atomic mass is 9.69. The van der Waals surface area contributed by atoms with E-state index < -0.39 is 5.41 Å². The molecule has 1 atom stereocenters. The number of likely N-dealkylation sites (tertiary alicyclic amines) is 1. The molecule has 4 rings (SSSR count). The van der Waals surface area contributed by atoms with Gasteiger partial charge in [-0.15, -0.1) is 0 Å². The largest absolute Gasteiger partial charge is 0.496 e. The lowest BCUT2D eigenvalue weighted by molar-refractivity contribution is -0.141. The molecule has 5 heteroatoms. The Kier molecular flexibility index (Phi) is 5.88. The number of benzene rings is 2. The van der Waals surface area contributed by atoms with Crippen LogP contribution in [0.1, 0.15) is 43.2 Å². The number of nitrogens with one attached hydrogen (secondary N) is 1. The number of carbonyl (C=O) groups excluding carboxylic acids is 2. The SMILES string of the molecule is COc1ccccc1CNC(=O)C12CCCC=C1N(Cc1ccccc1)C(=O)CC2. The zero-order chi connectivity index (χ0) is 21.0. The van der Waals surface area contributed by atoms with Gasteiger partial charge in [-0.25, -0.2) is 0 Å². The molecule has 156 valence electrons. The quantitative estimate of drug-likeness (QED) is 0.785. The van der Waals surface area contributed by atoms with Gasteiger partial charge in [-0.1, -0.05) is 54.6 Å². The number of fused-ring (bicyclic) bond motifs is 1. The molecule has 30 heavy (non-hydrogen) atoms. The van der Waals surface area contributed by atoms with Gasteiger partial charge in [-0.2, -0.15) is 0 Å². The van der Waals surface area contributed by atoms with Crippen LogP contribution < -0.4 is 10.1 Å². The zero-order valence-corrected chi connectivity index (χ0v) is 17.4. The van der Waals surface area contributed by atoms with Crippen LogP contribution in [0.4, 0.5) is 0 Å². The summed E-state index contributed by atoms with van der Waals surface area (Å²) in [5, 5.41) is 3.13. The van der Waals surface area contributed by atoms with Gasteiger partial charge in [0.05, 0.1) is 19.1 Å². The Morgan fingerprint density at radius 2 is 1.87 bits per heavy atom. The molecule has 1 saturated heterocycles. The maximum Gasteiger partial charge on any atom is 0.232 e. The van der Waals surface area contributed by atoms with Crippen LogP contribution in [0, 0.1) is 5.41 Å². The molecular formula is C25H28N2O3. The molecule has 1 N–H and O–H groups in total. The van der Waals surface area contributed by atoms with Gasteiger partial charge in [0.1, 0.15) is 5.75 Å². The van der Waals surface area contributed by atoms with Crippen molar-refractivity contribution in [1.82, 2.24) is 10.2 Å². The highest BCUT2D eigenvalue weighted by Crippen LogP contribution is 2.47. The number of hydrogen-bond acceptors (Lipinski definition) is 3. The number of amides is 2. The summed E-state index contributed by atoms with van der Waals surface area (Å²) < 4.78 is 5.41. The topological polar surface area (TPSA) is 58.6 Å². The van der Waals surface area contributed by atoms with Crippen LogP contribution in [0.25, 0.3) is 0 Å². The minimum absolute atomic E-state index is 0.00455. The number of ether oxygens (including phenoxy) is 1. The molecule has 1 aliphatic heterocycles. The number of nitrogens with zero attached hydrogens (tertiary/aromatic N) is 1. The molecule has 1 aliphatic carbocycles. The van der Waals surface area contributed by atoms with Crippen molar-refractivity contribution in [3.8, 4) is 5.75 Å². The molecule has 2 aromatic rings. The van der Waals surface area contributed by atoms with Crippen molar-refractivity contribution in [2.75, 3.05) is 7.11 Å². The van der Waals surface area contributed by atoms with Gasteiger partial charge in [0.2, 0.25) is 11.8 Å². The second-order valence-electron chi connectivity index (χ2n) is 8.02. The summed E-state index contributed by atoms with van der Waals surface area (Å²) in [5.74, 6) is 0.865. The monoisotopic (exact) mass is 404 g/mol. The van der Waals surface area contributed by atoms with Crippen molar-refractivity contribution in [3.63, 3.8) is 0 Å². The first kappa shape index (κ1) is 20.2. The molecular weight excluding hydrogens is 376 g/mol. The maximum absolute atomic E-state index is 13.5. The molecule has 0 saturated carbocycles. The molecule has 2 aromatic carbocycles. The molecule has 2 amide bonds. The summed E-state index contributed by atoms with van der Waals surface area (Å²) in [7, 11) is 1.63. The van der Waals surface area contributed by atoms with E-state index in [0.29, 0.717) is 25.9 Å². The predicted octanol–water partition coefficient (Wildman–Crippen LogP) is 4.19. The molecule has 1 fully saturated rings. The van der Waals surface area contributed by atoms with E-state index in [1.165, 1.54) is 0 Å². The van der Waals surface area contributed by atoms with Crippen LogP contribution in [0.15, 0.2) is 66.4 Å². The van der Waals surface area contributed by atoms with Crippen molar-refractivity contribution in [3.05, 3.63) is 77.5 Å². The third-order valence-corrected chi connectivity index (χ3v) is 6.24. The van der Waals surface area contributed by atoms with Crippen LogP contribution in [0.2, 0.25) is 0 Å². The highest BCUT2D eigenvalue weighted by atomic mass is 16.5. The smallest absolute Gasteiger partial charge is 0.232 e. The van der Waals surface area contributed by atoms with Crippen molar-refractivity contribution >= 4 is 11.8 Å². The number of carbonyl (C=O) groups is 2. The Labute approximate surface area is 177 Å². The molecule has 0 bridgehead atoms. The number of hydrogen-bond donors (Lipinski definition) is 1. The summed E-state index contributed by atoms with van der Waals surface area (Å²) in [6, 6.07) is 17.7. The minimum Gasteiger partial charge on any atom is -0.496 e. The molecule has 5 nitrogen and oxygen atoms in total. The van der Waals surface area contributed by atoms with Crippen molar-refractivity contribution < 1.29 is 14.3 Å². The molecule has 1 unspecified atom stereocenters. The molecule has 2 aliphatic rings. The lowest BCUT2D eigenvalue weighted by Crippen LogP contribution is -2.52. The Morgan fingerprint density at radius 3 is 2.67 bits per heavy atom. The number of allylic oxidation sites excluding steroid dienone is 1. The van der Waals surface area contributed by atoms with Crippen LogP contribution in [-0.4, -0.2) is 23.8 Å². The van der Waals surface area contributed by atoms with E-state index in [1.54, 1.807) is 7.11 Å². The first-order chi connectivity index (χ1) is 14.6. The van der Waals surface area contributed by atoms with Crippen LogP contribution in [0.3, 0.4) is 0 Å². The third kappa shape index (κ3) is 3.84. The Morgan fingerprint density at radius 1 is 1.10 bits per heavy atom. The fraction of sp³-hybridized carbons (Fsp3) is 0.360. The van der Waals surface area contributed by atoms with Crippen molar-refractivity contribution in [2.45, 2.75) is 45.2 Å². The second kappa shape index (κ2) is 8.74. The molecule has 0 aromatic heterocycles. The van der Waals surface area contributed by atoms with Gasteiger partial charge in [0.25, 0.3) is 0 Å². The minimum atomic E-state index is -0.636. The average molecular weight is 405 g/mol. The van der Waals surface area contributed by atoms with E-state index in [4.69, 9.17) is 4.74 Å². The van der Waals surface area contributed by atoms with E-state index in [1.807, 2.05) is 59.5 Å². The van der Waals surface area contributed by atoms with E-state index >= 15 is 0 Å². The Bertz CT molecular complexity index is 954. The van der Waals surface area contributed by atoms with Crippen LogP contribution >= 0.6 is 0 Å². The van der Waals surface area contributed by atoms with Gasteiger partial charge in [0.15, 0.2) is 0 Å². The first-order valence-corrected chi connectivity index (χ1v) is 10.6. The standard InChI is InChI=1S/C25H28N2O3/c1-30-21-12-6-5-11-20(21)17-26-24(29)25-15-8-7-13-22(25)27(23(28)14-16-25)18-19-9-3-2-4-10-19/h2-6,9-13H,7-8,14-18H2,1H3,(H,26,29). The molecule has 1 heterocycles. The van der Waals surface area contributed by atoms with Gasteiger partial charge in [-0.3, -0.25) is 9.59 Å². The van der Waals surface area contributed by atoms with Crippen LogP contribution in [0.5, 0.6) is 5.75 Å². The Balaban J connectivity index is 1.57. The number of para-hydroxylation sites is 1. The van der Waals surface area contributed by atoms with E-state index in [2.05, 4.69) is 11.4 Å². The van der Waals surface area contributed by atoms with Crippen molar-refractivity contribution in [1.29, 1.82) is 0 Å². The van der Waals surface area contributed by atoms with E-state index in [-0.39, 0.29) is 11.8 Å². The van der Waals surface area contributed by atoms with E-state index in [0.717, 1.165) is 41.8 Å². The van der Waals surface area contributed by atoms with Crippen molar-refractivity contribution in [2.24, 2.45) is 5.41 Å². The van der Waals surface area contributed by atoms with Gasteiger partial charge < -0.3 is 15.0 Å². The summed E-state index contributed by atoms with van der Waals surface area (Å²) in [5.41, 5.74) is 2.26. The first-order valence-electron chi connectivity index (χ1n) is 10.6. The maximum atomic E-state index is 13.5. The fourth-order valence-electron chi connectivity index (χ4n) is 4.65.